The Kier molecular flexibility index (Phi) is 4.58. The molecule has 4 rings (SSSR count). The maximum absolute atomic E-state index is 12.5. The van der Waals surface area contributed by atoms with Crippen LogP contribution in [0.3, 0.4) is 0 Å². The summed E-state index contributed by atoms with van der Waals surface area (Å²) in [5.74, 6) is 1.73. The first-order valence-electron chi connectivity index (χ1n) is 9.43. The maximum atomic E-state index is 12.5. The number of ether oxygens (including phenoxy) is 1. The summed E-state index contributed by atoms with van der Waals surface area (Å²) in [6.45, 7) is 6.50. The SMILES string of the molecule is Cc1cccc(CC2CN(C(=O)NC(C)C3COc4ccccc43)C2)c1. The number of carbonyl (C=O) groups is 1. The van der Waals surface area contributed by atoms with Crippen LogP contribution in [0.1, 0.15) is 29.5 Å². The number of carbonyl (C=O) groups excluding carboxylic acids is 1. The number of fused-ring (bicyclic) bond motifs is 1. The Morgan fingerprint density at radius 1 is 1.23 bits per heavy atom. The average molecular weight is 350 g/mol. The van der Waals surface area contributed by atoms with Crippen LogP contribution in [0.5, 0.6) is 5.75 Å². The molecule has 0 aliphatic carbocycles. The number of hydrogen-bond donors (Lipinski definition) is 1. The standard InChI is InChI=1S/C22H26N2O2/c1-15-6-5-7-17(10-15)11-18-12-24(13-18)22(25)23-16(2)20-14-26-21-9-4-3-8-19(20)21/h3-10,16,18,20H,11-14H2,1-2H3,(H,23,25). The zero-order chi connectivity index (χ0) is 18.1. The lowest BCUT2D eigenvalue weighted by Gasteiger charge is -2.40. The molecule has 0 aromatic heterocycles. The molecule has 0 bridgehead atoms. The van der Waals surface area contributed by atoms with E-state index in [0.29, 0.717) is 12.5 Å². The first-order valence-corrected chi connectivity index (χ1v) is 9.43. The summed E-state index contributed by atoms with van der Waals surface area (Å²) in [6.07, 6.45) is 1.05. The number of nitrogens with one attached hydrogen (secondary N) is 1. The Morgan fingerprint density at radius 3 is 2.85 bits per heavy atom. The molecule has 1 fully saturated rings. The molecule has 2 aromatic carbocycles. The van der Waals surface area contributed by atoms with Gasteiger partial charge in [-0.25, -0.2) is 4.79 Å². The number of aryl methyl sites for hydroxylation is 1. The zero-order valence-electron chi connectivity index (χ0n) is 15.4. The molecule has 2 unspecified atom stereocenters. The number of likely N-dealkylation sites (tertiary alicyclic amines) is 1. The summed E-state index contributed by atoms with van der Waals surface area (Å²) in [6, 6.07) is 16.8. The lowest BCUT2D eigenvalue weighted by molar-refractivity contribution is 0.117. The summed E-state index contributed by atoms with van der Waals surface area (Å²) in [5.41, 5.74) is 3.86. The van der Waals surface area contributed by atoms with E-state index >= 15 is 0 Å². The number of rotatable bonds is 4. The van der Waals surface area contributed by atoms with Gasteiger partial charge in [0, 0.05) is 30.6 Å². The molecule has 0 saturated carbocycles. The Hall–Kier alpha value is -2.49. The highest BCUT2D eigenvalue weighted by Crippen LogP contribution is 2.35. The molecule has 2 aliphatic heterocycles. The molecule has 4 nitrogen and oxygen atoms in total. The number of benzene rings is 2. The van der Waals surface area contributed by atoms with Crippen molar-refractivity contribution in [2.24, 2.45) is 5.92 Å². The molecule has 1 N–H and O–H groups in total. The third-order valence-corrected chi connectivity index (χ3v) is 5.54. The van der Waals surface area contributed by atoms with Gasteiger partial charge in [0.1, 0.15) is 5.75 Å². The second-order valence-corrected chi connectivity index (χ2v) is 7.66. The van der Waals surface area contributed by atoms with E-state index in [9.17, 15) is 4.79 Å². The number of para-hydroxylation sites is 1. The molecular weight excluding hydrogens is 324 g/mol. The minimum Gasteiger partial charge on any atom is -0.493 e. The summed E-state index contributed by atoms with van der Waals surface area (Å²) < 4.78 is 5.74. The largest absolute Gasteiger partial charge is 0.493 e. The van der Waals surface area contributed by atoms with Crippen LogP contribution in [0, 0.1) is 12.8 Å². The van der Waals surface area contributed by atoms with Crippen LogP contribution in [-0.2, 0) is 6.42 Å². The predicted molar refractivity (Wildman–Crippen MR) is 103 cm³/mol. The Labute approximate surface area is 155 Å². The molecule has 4 heteroatoms. The maximum Gasteiger partial charge on any atom is 0.317 e. The molecule has 0 radical (unpaired) electrons. The first kappa shape index (κ1) is 17.0. The van der Waals surface area contributed by atoms with Crippen molar-refractivity contribution in [1.82, 2.24) is 10.2 Å². The van der Waals surface area contributed by atoms with Gasteiger partial charge in [-0.05, 0) is 37.8 Å². The van der Waals surface area contributed by atoms with E-state index in [2.05, 4.69) is 49.5 Å². The number of nitrogens with zero attached hydrogens (tertiary/aromatic N) is 1. The van der Waals surface area contributed by atoms with Crippen molar-refractivity contribution >= 4 is 6.03 Å². The van der Waals surface area contributed by atoms with E-state index in [4.69, 9.17) is 4.74 Å². The molecule has 2 heterocycles. The van der Waals surface area contributed by atoms with Gasteiger partial charge in [-0.15, -0.1) is 0 Å². The van der Waals surface area contributed by atoms with Crippen molar-refractivity contribution in [3.8, 4) is 5.75 Å². The van der Waals surface area contributed by atoms with Gasteiger partial charge < -0.3 is 15.0 Å². The highest BCUT2D eigenvalue weighted by Gasteiger charge is 2.34. The summed E-state index contributed by atoms with van der Waals surface area (Å²) in [7, 11) is 0. The van der Waals surface area contributed by atoms with Crippen molar-refractivity contribution in [3.05, 3.63) is 65.2 Å². The first-order chi connectivity index (χ1) is 12.6. The minimum atomic E-state index is 0.0439. The average Bonchev–Trinajstić information content (AvgIpc) is 3.02. The zero-order valence-corrected chi connectivity index (χ0v) is 15.4. The van der Waals surface area contributed by atoms with E-state index in [1.165, 1.54) is 16.7 Å². The van der Waals surface area contributed by atoms with E-state index in [1.807, 2.05) is 23.1 Å². The third kappa shape index (κ3) is 3.41. The van der Waals surface area contributed by atoms with E-state index in [-0.39, 0.29) is 18.0 Å². The number of amides is 2. The van der Waals surface area contributed by atoms with Crippen molar-refractivity contribution in [2.75, 3.05) is 19.7 Å². The highest BCUT2D eigenvalue weighted by molar-refractivity contribution is 5.75. The highest BCUT2D eigenvalue weighted by atomic mass is 16.5. The Bertz CT molecular complexity index is 798. The molecule has 2 amide bonds. The fourth-order valence-electron chi connectivity index (χ4n) is 4.03. The normalized spacial score (nSPS) is 20.1. The minimum absolute atomic E-state index is 0.0439. The molecule has 2 aliphatic rings. The van der Waals surface area contributed by atoms with Gasteiger partial charge in [-0.3, -0.25) is 0 Å². The summed E-state index contributed by atoms with van der Waals surface area (Å²) >= 11 is 0. The number of hydrogen-bond acceptors (Lipinski definition) is 2. The van der Waals surface area contributed by atoms with Crippen LogP contribution in [-0.4, -0.2) is 36.7 Å². The molecule has 26 heavy (non-hydrogen) atoms. The van der Waals surface area contributed by atoms with E-state index in [1.54, 1.807) is 0 Å². The topological polar surface area (TPSA) is 41.6 Å². The van der Waals surface area contributed by atoms with Crippen LogP contribution in [0.15, 0.2) is 48.5 Å². The van der Waals surface area contributed by atoms with Gasteiger partial charge in [0.05, 0.1) is 6.61 Å². The van der Waals surface area contributed by atoms with Gasteiger partial charge in [-0.2, -0.15) is 0 Å². The third-order valence-electron chi connectivity index (χ3n) is 5.54. The summed E-state index contributed by atoms with van der Waals surface area (Å²) in [4.78, 5) is 14.4. The molecule has 0 spiro atoms. The Balaban J connectivity index is 1.27. The second kappa shape index (κ2) is 7.02. The van der Waals surface area contributed by atoms with Crippen LogP contribution >= 0.6 is 0 Å². The summed E-state index contributed by atoms with van der Waals surface area (Å²) in [5, 5.41) is 3.17. The van der Waals surface area contributed by atoms with Gasteiger partial charge >= 0.3 is 6.03 Å². The fraction of sp³-hybridized carbons (Fsp3) is 0.409. The molecular formula is C22H26N2O2. The smallest absolute Gasteiger partial charge is 0.317 e. The van der Waals surface area contributed by atoms with Crippen molar-refractivity contribution < 1.29 is 9.53 Å². The molecule has 136 valence electrons. The molecule has 2 aromatic rings. The van der Waals surface area contributed by atoms with Crippen LogP contribution in [0.25, 0.3) is 0 Å². The Morgan fingerprint density at radius 2 is 2.04 bits per heavy atom. The lowest BCUT2D eigenvalue weighted by atomic mass is 9.91. The monoisotopic (exact) mass is 350 g/mol. The van der Waals surface area contributed by atoms with Crippen LogP contribution in [0.2, 0.25) is 0 Å². The fourth-order valence-corrected chi connectivity index (χ4v) is 4.03. The van der Waals surface area contributed by atoms with E-state index in [0.717, 1.165) is 25.3 Å². The lowest BCUT2D eigenvalue weighted by Crippen LogP contribution is -2.56. The second-order valence-electron chi connectivity index (χ2n) is 7.66. The van der Waals surface area contributed by atoms with E-state index < -0.39 is 0 Å². The van der Waals surface area contributed by atoms with Gasteiger partial charge in [-0.1, -0.05) is 48.0 Å². The predicted octanol–water partition coefficient (Wildman–Crippen LogP) is 3.74. The molecule has 1 saturated heterocycles. The van der Waals surface area contributed by atoms with Crippen molar-refractivity contribution in [1.29, 1.82) is 0 Å². The van der Waals surface area contributed by atoms with Gasteiger partial charge in [0.15, 0.2) is 0 Å². The van der Waals surface area contributed by atoms with Crippen LogP contribution < -0.4 is 10.1 Å². The quantitative estimate of drug-likeness (QED) is 0.912. The number of urea groups is 1. The van der Waals surface area contributed by atoms with Crippen molar-refractivity contribution in [2.45, 2.75) is 32.2 Å². The van der Waals surface area contributed by atoms with Gasteiger partial charge in [0.2, 0.25) is 0 Å². The molecule has 2 atom stereocenters. The van der Waals surface area contributed by atoms with Gasteiger partial charge in [0.25, 0.3) is 0 Å². The van der Waals surface area contributed by atoms with Crippen molar-refractivity contribution in [3.63, 3.8) is 0 Å². The van der Waals surface area contributed by atoms with Crippen LogP contribution in [0.4, 0.5) is 4.79 Å².